The molecule has 1 aromatic rings. The summed E-state index contributed by atoms with van der Waals surface area (Å²) in [7, 11) is 1.58. The molecule has 0 bridgehead atoms. The van der Waals surface area contributed by atoms with Crippen LogP contribution in [0.4, 0.5) is 5.69 Å². The lowest BCUT2D eigenvalue weighted by molar-refractivity contribution is -0.160. The van der Waals surface area contributed by atoms with Crippen molar-refractivity contribution in [1.29, 1.82) is 0 Å². The molecule has 1 amide bonds. The maximum absolute atomic E-state index is 12.6. The van der Waals surface area contributed by atoms with Crippen LogP contribution < -0.4 is 9.64 Å². The Hall–Kier alpha value is -2.60. The molecule has 0 unspecified atom stereocenters. The van der Waals surface area contributed by atoms with Gasteiger partial charge >= 0.3 is 5.97 Å². The first-order chi connectivity index (χ1) is 11.9. The average molecular weight is 343 g/mol. The third-order valence-electron chi connectivity index (χ3n) is 4.52. The van der Waals surface area contributed by atoms with Crippen molar-refractivity contribution in [3.05, 3.63) is 48.6 Å². The molecule has 0 spiro atoms. The number of fused-ring (bicyclic) bond motifs is 1. The highest BCUT2D eigenvalue weighted by molar-refractivity contribution is 6.05. The smallest absolute Gasteiger partial charge is 0.302 e. The molecule has 3 atom stereocenters. The quantitative estimate of drug-likeness (QED) is 0.622. The van der Waals surface area contributed by atoms with Crippen molar-refractivity contribution in [3.63, 3.8) is 0 Å². The van der Waals surface area contributed by atoms with Crippen molar-refractivity contribution in [2.45, 2.75) is 31.6 Å². The number of hydrogen-bond acceptors (Lipinski definition) is 5. The summed E-state index contributed by atoms with van der Waals surface area (Å²) < 4.78 is 16.4. The molecular formula is C19H21NO5. The number of nitrogens with zero attached hydrogens (tertiary/aromatic N) is 1. The number of anilines is 1. The standard InChI is InChI=1S/C19H21NO5/c1-11-9-16(25-13(3)21)17-18(24-10-12(11)2)19(22)20(17)14-5-7-15(23-4)8-6-14/h5-8,16-18H,1-2,9-10H2,3-4H3/t16-,17+,18-/m1/s1. The Morgan fingerprint density at radius 1 is 1.24 bits per heavy atom. The molecule has 25 heavy (non-hydrogen) atoms. The summed E-state index contributed by atoms with van der Waals surface area (Å²) in [6, 6.07) is 6.76. The Bertz CT molecular complexity index is 724. The molecule has 1 aromatic carbocycles. The fourth-order valence-corrected chi connectivity index (χ4v) is 3.18. The van der Waals surface area contributed by atoms with Crippen LogP contribution in [-0.2, 0) is 19.1 Å². The molecule has 3 rings (SSSR count). The van der Waals surface area contributed by atoms with Crippen LogP contribution >= 0.6 is 0 Å². The number of carbonyl (C=O) groups excluding carboxylic acids is 2. The molecule has 2 aliphatic heterocycles. The first-order valence-electron chi connectivity index (χ1n) is 8.04. The lowest BCUT2D eigenvalue weighted by Crippen LogP contribution is -2.71. The van der Waals surface area contributed by atoms with Crippen LogP contribution in [0.15, 0.2) is 48.6 Å². The predicted octanol–water partition coefficient (Wildman–Crippen LogP) is 2.24. The first kappa shape index (κ1) is 17.2. The molecule has 0 N–H and O–H groups in total. The maximum Gasteiger partial charge on any atom is 0.302 e. The van der Waals surface area contributed by atoms with Gasteiger partial charge in [0.05, 0.1) is 13.7 Å². The van der Waals surface area contributed by atoms with E-state index in [1.807, 2.05) is 0 Å². The second kappa shape index (κ2) is 6.72. The van der Waals surface area contributed by atoms with Crippen LogP contribution in [0, 0.1) is 0 Å². The number of ether oxygens (including phenoxy) is 3. The molecule has 0 aromatic heterocycles. The number of rotatable bonds is 3. The van der Waals surface area contributed by atoms with Gasteiger partial charge in [-0.25, -0.2) is 0 Å². The number of amides is 1. The van der Waals surface area contributed by atoms with Gasteiger partial charge in [0.2, 0.25) is 0 Å². The summed E-state index contributed by atoms with van der Waals surface area (Å²) >= 11 is 0. The van der Waals surface area contributed by atoms with Gasteiger partial charge in [-0.2, -0.15) is 0 Å². The van der Waals surface area contributed by atoms with Gasteiger partial charge in [0, 0.05) is 19.0 Å². The minimum atomic E-state index is -0.656. The van der Waals surface area contributed by atoms with Crippen molar-refractivity contribution in [2.75, 3.05) is 18.6 Å². The minimum Gasteiger partial charge on any atom is -0.497 e. The SMILES string of the molecule is C=C1CO[C@H]2C(=O)N(c3ccc(OC)cc3)[C@H]2[C@H](OC(C)=O)CC1=C. The molecule has 2 heterocycles. The van der Waals surface area contributed by atoms with Crippen LogP contribution in [0.25, 0.3) is 0 Å². The first-order valence-corrected chi connectivity index (χ1v) is 8.04. The summed E-state index contributed by atoms with van der Waals surface area (Å²) in [6.07, 6.45) is -0.772. The van der Waals surface area contributed by atoms with Crippen LogP contribution in [0.3, 0.4) is 0 Å². The summed E-state index contributed by atoms with van der Waals surface area (Å²) in [5.74, 6) is 0.132. The van der Waals surface area contributed by atoms with Gasteiger partial charge in [0.15, 0.2) is 6.10 Å². The van der Waals surface area contributed by atoms with E-state index >= 15 is 0 Å². The van der Waals surface area contributed by atoms with Gasteiger partial charge in [-0.1, -0.05) is 13.2 Å². The number of hydrogen-bond donors (Lipinski definition) is 0. The van der Waals surface area contributed by atoms with E-state index in [0.717, 1.165) is 5.57 Å². The third kappa shape index (κ3) is 3.17. The van der Waals surface area contributed by atoms with Crippen LogP contribution in [0.1, 0.15) is 13.3 Å². The van der Waals surface area contributed by atoms with E-state index in [1.54, 1.807) is 36.3 Å². The number of esters is 1. The fourth-order valence-electron chi connectivity index (χ4n) is 3.18. The average Bonchev–Trinajstić information content (AvgIpc) is 2.58. The van der Waals surface area contributed by atoms with E-state index < -0.39 is 24.2 Å². The largest absolute Gasteiger partial charge is 0.497 e. The maximum atomic E-state index is 12.6. The van der Waals surface area contributed by atoms with E-state index in [1.165, 1.54) is 6.92 Å². The van der Waals surface area contributed by atoms with Gasteiger partial charge in [0.1, 0.15) is 17.9 Å². The Labute approximate surface area is 146 Å². The van der Waals surface area contributed by atoms with Gasteiger partial charge in [-0.15, -0.1) is 0 Å². The van der Waals surface area contributed by atoms with E-state index in [4.69, 9.17) is 14.2 Å². The van der Waals surface area contributed by atoms with E-state index in [0.29, 0.717) is 23.4 Å². The monoisotopic (exact) mass is 343 g/mol. The van der Waals surface area contributed by atoms with Crippen LogP contribution in [0.5, 0.6) is 5.75 Å². The molecular weight excluding hydrogens is 322 g/mol. The Morgan fingerprint density at radius 3 is 2.52 bits per heavy atom. The summed E-state index contributed by atoms with van der Waals surface area (Å²) in [4.78, 5) is 25.8. The molecule has 2 fully saturated rings. The summed E-state index contributed by atoms with van der Waals surface area (Å²) in [5.41, 5.74) is 2.18. The zero-order valence-corrected chi connectivity index (χ0v) is 14.4. The molecule has 0 aliphatic carbocycles. The Balaban J connectivity index is 1.92. The third-order valence-corrected chi connectivity index (χ3v) is 4.52. The van der Waals surface area contributed by atoms with Gasteiger partial charge in [0.25, 0.3) is 5.91 Å². The van der Waals surface area contributed by atoms with Crippen LogP contribution in [0.2, 0.25) is 0 Å². The van der Waals surface area contributed by atoms with Gasteiger partial charge in [-0.3, -0.25) is 9.59 Å². The van der Waals surface area contributed by atoms with E-state index in [-0.39, 0.29) is 12.5 Å². The molecule has 6 nitrogen and oxygen atoms in total. The normalized spacial score (nSPS) is 26.2. The molecule has 132 valence electrons. The second-order valence-corrected chi connectivity index (χ2v) is 6.19. The zero-order chi connectivity index (χ0) is 18.1. The van der Waals surface area contributed by atoms with Crippen molar-refractivity contribution < 1.29 is 23.8 Å². The topological polar surface area (TPSA) is 65.1 Å². The van der Waals surface area contributed by atoms with Gasteiger partial charge < -0.3 is 19.1 Å². The van der Waals surface area contributed by atoms with Crippen molar-refractivity contribution >= 4 is 17.6 Å². The number of carbonyl (C=O) groups is 2. The van der Waals surface area contributed by atoms with Crippen molar-refractivity contribution in [2.24, 2.45) is 0 Å². The second-order valence-electron chi connectivity index (χ2n) is 6.19. The molecule has 0 saturated carbocycles. The molecule has 2 saturated heterocycles. The zero-order valence-electron chi connectivity index (χ0n) is 14.4. The van der Waals surface area contributed by atoms with E-state index in [2.05, 4.69) is 13.2 Å². The fraction of sp³-hybridized carbons (Fsp3) is 0.368. The van der Waals surface area contributed by atoms with E-state index in [9.17, 15) is 9.59 Å². The van der Waals surface area contributed by atoms with Crippen molar-refractivity contribution in [3.8, 4) is 5.75 Å². The molecule has 6 heteroatoms. The molecule has 2 aliphatic rings. The minimum absolute atomic E-state index is 0.160. The predicted molar refractivity (Wildman–Crippen MR) is 92.5 cm³/mol. The highest BCUT2D eigenvalue weighted by Gasteiger charge is 2.54. The summed E-state index contributed by atoms with van der Waals surface area (Å²) in [6.45, 7) is 9.49. The number of β-lactam (4-membered cyclic amide) rings is 1. The lowest BCUT2D eigenvalue weighted by Gasteiger charge is -2.50. The lowest BCUT2D eigenvalue weighted by atomic mass is 9.85. The number of methoxy groups -OCH3 is 1. The Morgan fingerprint density at radius 2 is 1.92 bits per heavy atom. The van der Waals surface area contributed by atoms with Crippen LogP contribution in [-0.4, -0.2) is 43.8 Å². The number of benzene rings is 1. The van der Waals surface area contributed by atoms with Crippen molar-refractivity contribution in [1.82, 2.24) is 0 Å². The van der Waals surface area contributed by atoms with Gasteiger partial charge in [-0.05, 0) is 35.4 Å². The molecule has 0 radical (unpaired) electrons. The highest BCUT2D eigenvalue weighted by Crippen LogP contribution is 2.38. The summed E-state index contributed by atoms with van der Waals surface area (Å²) in [5, 5.41) is 0. The Kier molecular flexibility index (Phi) is 4.63. The highest BCUT2D eigenvalue weighted by atomic mass is 16.6.